The highest BCUT2D eigenvalue weighted by molar-refractivity contribution is 14.0. The molecule has 0 saturated carbocycles. The molecule has 0 spiro atoms. The Bertz CT molecular complexity index is 637. The summed E-state index contributed by atoms with van der Waals surface area (Å²) in [5, 5.41) is 6.79. The number of benzene rings is 1. The summed E-state index contributed by atoms with van der Waals surface area (Å²) in [6.45, 7) is 6.02. The number of aliphatic imine (C=N–C) groups is 1. The molecule has 0 aromatic heterocycles. The maximum Gasteiger partial charge on any atom is 0.191 e. The standard InChI is InChI=1S/C20H31F2N5.HI/c1-23-20(24-9-2-3-10-26-11-4-5-12-26)25-17-8-13-27(15-17)19-7-6-16(21)14-18(19)22;/h6-7,14,17H,2-5,8-13,15H2,1H3,(H2,23,24,25);1H. The molecule has 0 amide bonds. The van der Waals surface area contributed by atoms with Gasteiger partial charge < -0.3 is 20.4 Å². The minimum atomic E-state index is -0.542. The number of guanidine groups is 1. The van der Waals surface area contributed by atoms with E-state index in [4.69, 9.17) is 0 Å². The number of likely N-dealkylation sites (tertiary alicyclic amines) is 1. The van der Waals surface area contributed by atoms with Crippen LogP contribution in [-0.2, 0) is 0 Å². The van der Waals surface area contributed by atoms with Crippen molar-refractivity contribution in [2.24, 2.45) is 4.99 Å². The summed E-state index contributed by atoms with van der Waals surface area (Å²) in [4.78, 5) is 8.79. The zero-order valence-electron chi connectivity index (χ0n) is 16.6. The molecule has 1 unspecified atom stereocenters. The molecule has 2 heterocycles. The summed E-state index contributed by atoms with van der Waals surface area (Å²) in [5.41, 5.74) is 0.463. The minimum Gasteiger partial charge on any atom is -0.367 e. The van der Waals surface area contributed by atoms with Crippen molar-refractivity contribution < 1.29 is 8.78 Å². The molecular formula is C20H32F2IN5. The minimum absolute atomic E-state index is 0. The first-order chi connectivity index (χ1) is 13.2. The summed E-state index contributed by atoms with van der Waals surface area (Å²) < 4.78 is 27.1. The predicted molar refractivity (Wildman–Crippen MR) is 122 cm³/mol. The Morgan fingerprint density at radius 3 is 2.68 bits per heavy atom. The van der Waals surface area contributed by atoms with Crippen LogP contribution in [-0.4, -0.2) is 63.2 Å². The van der Waals surface area contributed by atoms with Crippen molar-refractivity contribution in [1.82, 2.24) is 15.5 Å². The molecule has 158 valence electrons. The van der Waals surface area contributed by atoms with Crippen LogP contribution in [0.15, 0.2) is 23.2 Å². The average molecular weight is 507 g/mol. The molecule has 2 fully saturated rings. The number of unbranched alkanes of at least 4 members (excludes halogenated alkanes) is 1. The van der Waals surface area contributed by atoms with Crippen LogP contribution < -0.4 is 15.5 Å². The first-order valence-electron chi connectivity index (χ1n) is 10.1. The second-order valence-corrected chi connectivity index (χ2v) is 7.43. The Labute approximate surface area is 184 Å². The highest BCUT2D eigenvalue weighted by Gasteiger charge is 2.25. The number of nitrogens with one attached hydrogen (secondary N) is 2. The summed E-state index contributed by atoms with van der Waals surface area (Å²) >= 11 is 0. The molecule has 0 radical (unpaired) electrons. The molecule has 1 aromatic rings. The van der Waals surface area contributed by atoms with Crippen molar-refractivity contribution in [3.05, 3.63) is 29.8 Å². The lowest BCUT2D eigenvalue weighted by Crippen LogP contribution is -2.45. The second-order valence-electron chi connectivity index (χ2n) is 7.43. The summed E-state index contributed by atoms with van der Waals surface area (Å²) in [5.74, 6) is -0.252. The van der Waals surface area contributed by atoms with Gasteiger partial charge in [0.25, 0.3) is 0 Å². The zero-order valence-corrected chi connectivity index (χ0v) is 18.9. The Hall–Kier alpha value is -1.16. The number of hydrogen-bond donors (Lipinski definition) is 2. The second kappa shape index (κ2) is 11.7. The van der Waals surface area contributed by atoms with Crippen LogP contribution in [0.5, 0.6) is 0 Å². The Kier molecular flexibility index (Phi) is 9.70. The van der Waals surface area contributed by atoms with Crippen LogP contribution >= 0.6 is 24.0 Å². The van der Waals surface area contributed by atoms with E-state index in [1.54, 1.807) is 7.05 Å². The zero-order chi connectivity index (χ0) is 19.1. The maximum atomic E-state index is 14.0. The van der Waals surface area contributed by atoms with Gasteiger partial charge >= 0.3 is 0 Å². The van der Waals surface area contributed by atoms with Gasteiger partial charge in [0.05, 0.1) is 5.69 Å². The fourth-order valence-electron chi connectivity index (χ4n) is 3.90. The van der Waals surface area contributed by atoms with Crippen LogP contribution in [0.25, 0.3) is 0 Å². The van der Waals surface area contributed by atoms with Gasteiger partial charge in [-0.15, -0.1) is 24.0 Å². The van der Waals surface area contributed by atoms with Crippen LogP contribution in [0, 0.1) is 11.6 Å². The average Bonchev–Trinajstić information content (AvgIpc) is 3.32. The van der Waals surface area contributed by atoms with Crippen LogP contribution in [0.1, 0.15) is 32.1 Å². The van der Waals surface area contributed by atoms with Crippen LogP contribution in [0.4, 0.5) is 14.5 Å². The molecule has 1 aromatic carbocycles. The molecule has 2 N–H and O–H groups in total. The molecule has 0 aliphatic carbocycles. The lowest BCUT2D eigenvalue weighted by Gasteiger charge is -2.21. The van der Waals surface area contributed by atoms with E-state index in [-0.39, 0.29) is 30.0 Å². The van der Waals surface area contributed by atoms with Gasteiger partial charge in [0.2, 0.25) is 0 Å². The molecule has 8 heteroatoms. The number of nitrogens with zero attached hydrogens (tertiary/aromatic N) is 3. The van der Waals surface area contributed by atoms with Crippen molar-refractivity contribution >= 4 is 35.6 Å². The van der Waals surface area contributed by atoms with Gasteiger partial charge in [-0.2, -0.15) is 0 Å². The molecular weight excluding hydrogens is 475 g/mol. The topological polar surface area (TPSA) is 42.9 Å². The number of halogens is 3. The quantitative estimate of drug-likeness (QED) is 0.258. The maximum absolute atomic E-state index is 14.0. The Balaban J connectivity index is 0.00000280. The molecule has 2 aliphatic rings. The van der Waals surface area contributed by atoms with Crippen molar-refractivity contribution in [3.63, 3.8) is 0 Å². The van der Waals surface area contributed by atoms with Gasteiger partial charge in [-0.25, -0.2) is 8.78 Å². The molecule has 3 rings (SSSR count). The van der Waals surface area contributed by atoms with E-state index in [2.05, 4.69) is 20.5 Å². The van der Waals surface area contributed by atoms with E-state index < -0.39 is 11.6 Å². The van der Waals surface area contributed by atoms with E-state index in [9.17, 15) is 8.78 Å². The van der Waals surface area contributed by atoms with Crippen LogP contribution in [0.2, 0.25) is 0 Å². The normalized spacial score (nSPS) is 20.3. The fourth-order valence-corrected chi connectivity index (χ4v) is 3.90. The fraction of sp³-hybridized carbons (Fsp3) is 0.650. The Morgan fingerprint density at radius 1 is 1.18 bits per heavy atom. The summed E-state index contributed by atoms with van der Waals surface area (Å²) in [7, 11) is 1.77. The predicted octanol–water partition coefficient (Wildman–Crippen LogP) is 3.20. The van der Waals surface area contributed by atoms with Gasteiger partial charge in [-0.05, 0) is 63.9 Å². The van der Waals surface area contributed by atoms with E-state index in [0.29, 0.717) is 12.2 Å². The third kappa shape index (κ3) is 6.72. The summed E-state index contributed by atoms with van der Waals surface area (Å²) in [6, 6.07) is 3.96. The highest BCUT2D eigenvalue weighted by Crippen LogP contribution is 2.24. The third-order valence-corrected chi connectivity index (χ3v) is 5.40. The van der Waals surface area contributed by atoms with Crippen molar-refractivity contribution in [2.45, 2.75) is 38.1 Å². The lowest BCUT2D eigenvalue weighted by molar-refractivity contribution is 0.330. The molecule has 2 saturated heterocycles. The van der Waals surface area contributed by atoms with Gasteiger partial charge in [0, 0.05) is 38.8 Å². The summed E-state index contributed by atoms with van der Waals surface area (Å²) in [6.07, 6.45) is 5.90. The SMILES string of the molecule is CN=C(NCCCCN1CCCC1)NC1CCN(c2ccc(F)cc2F)C1.I. The number of rotatable bonds is 7. The third-order valence-electron chi connectivity index (χ3n) is 5.40. The number of hydrogen-bond acceptors (Lipinski definition) is 3. The lowest BCUT2D eigenvalue weighted by atomic mass is 10.2. The van der Waals surface area contributed by atoms with Gasteiger partial charge in [0.1, 0.15) is 11.6 Å². The molecule has 5 nitrogen and oxygen atoms in total. The van der Waals surface area contributed by atoms with Crippen molar-refractivity contribution in [2.75, 3.05) is 51.2 Å². The monoisotopic (exact) mass is 507 g/mol. The van der Waals surface area contributed by atoms with Crippen molar-refractivity contribution in [3.8, 4) is 0 Å². The van der Waals surface area contributed by atoms with Crippen molar-refractivity contribution in [1.29, 1.82) is 0 Å². The number of anilines is 1. The van der Waals surface area contributed by atoms with Crippen LogP contribution in [0.3, 0.4) is 0 Å². The Morgan fingerprint density at radius 2 is 1.96 bits per heavy atom. The molecule has 0 bridgehead atoms. The van der Waals surface area contributed by atoms with Gasteiger partial charge in [-0.3, -0.25) is 4.99 Å². The van der Waals surface area contributed by atoms with E-state index in [1.165, 1.54) is 51.0 Å². The molecule has 1 atom stereocenters. The largest absolute Gasteiger partial charge is 0.367 e. The molecule has 2 aliphatic heterocycles. The first-order valence-corrected chi connectivity index (χ1v) is 10.1. The molecule has 28 heavy (non-hydrogen) atoms. The van der Waals surface area contributed by atoms with E-state index >= 15 is 0 Å². The van der Waals surface area contributed by atoms with Gasteiger partial charge in [-0.1, -0.05) is 0 Å². The smallest absolute Gasteiger partial charge is 0.191 e. The van der Waals surface area contributed by atoms with E-state index in [1.807, 2.05) is 4.90 Å². The first kappa shape index (κ1) is 23.1. The highest BCUT2D eigenvalue weighted by atomic mass is 127. The van der Waals surface area contributed by atoms with E-state index in [0.717, 1.165) is 38.0 Å². The van der Waals surface area contributed by atoms with Gasteiger partial charge in [0.15, 0.2) is 5.96 Å².